The molecule has 0 fully saturated rings. The van der Waals surface area contributed by atoms with E-state index in [1.165, 1.54) is 6.07 Å². The van der Waals surface area contributed by atoms with Crippen molar-refractivity contribution < 1.29 is 9.50 Å². The van der Waals surface area contributed by atoms with Gasteiger partial charge in [-0.3, -0.25) is 0 Å². The molecule has 0 amide bonds. The molecule has 0 saturated heterocycles. The number of aliphatic hydroxyl groups is 1. The first-order valence-electron chi connectivity index (χ1n) is 6.68. The SMILES string of the molecule is CN1CCN(c2c(F)cccc2CO)c2ccccc21. The maximum absolute atomic E-state index is 14.2. The Kier molecular flexibility index (Phi) is 3.32. The van der Waals surface area contributed by atoms with E-state index in [9.17, 15) is 9.50 Å². The lowest BCUT2D eigenvalue weighted by Crippen LogP contribution is -2.37. The van der Waals surface area contributed by atoms with Crippen molar-refractivity contribution >= 4 is 17.1 Å². The molecule has 0 spiro atoms. The van der Waals surface area contributed by atoms with Crippen molar-refractivity contribution in [1.82, 2.24) is 0 Å². The molecule has 0 bridgehead atoms. The Hall–Kier alpha value is -2.07. The van der Waals surface area contributed by atoms with Crippen molar-refractivity contribution in [3.63, 3.8) is 0 Å². The van der Waals surface area contributed by atoms with Crippen LogP contribution in [0.15, 0.2) is 42.5 Å². The molecular weight excluding hydrogens is 255 g/mol. The summed E-state index contributed by atoms with van der Waals surface area (Å²) >= 11 is 0. The van der Waals surface area contributed by atoms with Gasteiger partial charge in [-0.1, -0.05) is 24.3 Å². The maximum atomic E-state index is 14.2. The number of rotatable bonds is 2. The Morgan fingerprint density at radius 3 is 2.55 bits per heavy atom. The van der Waals surface area contributed by atoms with E-state index >= 15 is 0 Å². The molecule has 0 aromatic heterocycles. The van der Waals surface area contributed by atoms with E-state index in [-0.39, 0.29) is 12.4 Å². The van der Waals surface area contributed by atoms with Crippen LogP contribution in [0.25, 0.3) is 0 Å². The summed E-state index contributed by atoms with van der Waals surface area (Å²) in [6, 6.07) is 12.8. The monoisotopic (exact) mass is 272 g/mol. The van der Waals surface area contributed by atoms with E-state index in [2.05, 4.69) is 4.90 Å². The van der Waals surface area contributed by atoms with Crippen LogP contribution in [0, 0.1) is 5.82 Å². The molecule has 1 heterocycles. The van der Waals surface area contributed by atoms with E-state index in [0.29, 0.717) is 17.8 Å². The quantitative estimate of drug-likeness (QED) is 0.910. The van der Waals surface area contributed by atoms with Gasteiger partial charge in [0, 0.05) is 25.7 Å². The largest absolute Gasteiger partial charge is 0.392 e. The first-order valence-corrected chi connectivity index (χ1v) is 6.68. The van der Waals surface area contributed by atoms with Crippen molar-refractivity contribution in [2.24, 2.45) is 0 Å². The zero-order chi connectivity index (χ0) is 14.1. The van der Waals surface area contributed by atoms with Crippen molar-refractivity contribution in [2.75, 3.05) is 29.9 Å². The summed E-state index contributed by atoms with van der Waals surface area (Å²) in [5.74, 6) is -0.295. The summed E-state index contributed by atoms with van der Waals surface area (Å²) < 4.78 is 14.2. The summed E-state index contributed by atoms with van der Waals surface area (Å²) in [5.41, 5.74) is 3.15. The molecule has 0 saturated carbocycles. The number of benzene rings is 2. The number of para-hydroxylation sites is 3. The van der Waals surface area contributed by atoms with Crippen molar-refractivity contribution in [3.8, 4) is 0 Å². The molecule has 2 aromatic carbocycles. The van der Waals surface area contributed by atoms with Gasteiger partial charge in [-0.2, -0.15) is 0 Å². The van der Waals surface area contributed by atoms with E-state index < -0.39 is 0 Å². The summed E-state index contributed by atoms with van der Waals surface area (Å²) in [4.78, 5) is 4.11. The summed E-state index contributed by atoms with van der Waals surface area (Å²) in [5, 5.41) is 9.47. The lowest BCUT2D eigenvalue weighted by molar-refractivity contribution is 0.281. The fourth-order valence-electron chi connectivity index (χ4n) is 2.73. The van der Waals surface area contributed by atoms with Gasteiger partial charge in [0.05, 0.1) is 23.7 Å². The molecule has 1 aliphatic heterocycles. The van der Waals surface area contributed by atoms with Crippen LogP contribution < -0.4 is 9.80 Å². The number of hydrogen-bond donors (Lipinski definition) is 1. The molecule has 3 rings (SSSR count). The predicted molar refractivity (Wildman–Crippen MR) is 79.0 cm³/mol. The van der Waals surface area contributed by atoms with E-state index in [4.69, 9.17) is 0 Å². The summed E-state index contributed by atoms with van der Waals surface area (Å²) in [7, 11) is 2.03. The lowest BCUT2D eigenvalue weighted by Gasteiger charge is -2.37. The average molecular weight is 272 g/mol. The van der Waals surface area contributed by atoms with Crippen LogP contribution in [0.4, 0.5) is 21.5 Å². The standard InChI is InChI=1S/C16H17FN2O/c1-18-9-10-19(15-8-3-2-7-14(15)18)16-12(11-20)5-4-6-13(16)17/h2-8,20H,9-11H2,1H3. The molecule has 4 heteroatoms. The Morgan fingerprint density at radius 2 is 1.80 bits per heavy atom. The minimum absolute atomic E-state index is 0.165. The van der Waals surface area contributed by atoms with E-state index in [1.54, 1.807) is 12.1 Å². The molecule has 0 radical (unpaired) electrons. The fraction of sp³-hybridized carbons (Fsp3) is 0.250. The second kappa shape index (κ2) is 5.13. The number of nitrogens with zero attached hydrogens (tertiary/aromatic N) is 2. The highest BCUT2D eigenvalue weighted by Gasteiger charge is 2.24. The molecule has 20 heavy (non-hydrogen) atoms. The molecule has 1 aliphatic rings. The number of fused-ring (bicyclic) bond motifs is 1. The number of halogens is 1. The predicted octanol–water partition coefficient (Wildman–Crippen LogP) is 2.91. The number of hydrogen-bond acceptors (Lipinski definition) is 3. The minimum Gasteiger partial charge on any atom is -0.392 e. The lowest BCUT2D eigenvalue weighted by atomic mass is 10.1. The van der Waals surface area contributed by atoms with Crippen molar-refractivity contribution in [2.45, 2.75) is 6.61 Å². The van der Waals surface area contributed by atoms with Crippen LogP contribution in [0.2, 0.25) is 0 Å². The smallest absolute Gasteiger partial charge is 0.147 e. The number of likely N-dealkylation sites (N-methyl/N-ethyl adjacent to an activating group) is 1. The Bertz CT molecular complexity index is 630. The van der Waals surface area contributed by atoms with Gasteiger partial charge in [0.2, 0.25) is 0 Å². The first kappa shape index (κ1) is 12.9. The third-order valence-electron chi connectivity index (χ3n) is 3.75. The first-order chi connectivity index (χ1) is 9.72. The molecule has 104 valence electrons. The highest BCUT2D eigenvalue weighted by molar-refractivity contribution is 5.80. The van der Waals surface area contributed by atoms with E-state index in [0.717, 1.165) is 17.9 Å². The Morgan fingerprint density at radius 1 is 1.05 bits per heavy atom. The topological polar surface area (TPSA) is 26.7 Å². The normalized spacial score (nSPS) is 14.3. The van der Waals surface area contributed by atoms with Gasteiger partial charge in [0.1, 0.15) is 5.82 Å². The minimum atomic E-state index is -0.295. The van der Waals surface area contributed by atoms with Gasteiger partial charge in [-0.05, 0) is 18.2 Å². The van der Waals surface area contributed by atoms with Gasteiger partial charge < -0.3 is 14.9 Å². The van der Waals surface area contributed by atoms with E-state index in [1.807, 2.05) is 36.2 Å². The molecule has 0 aliphatic carbocycles. The highest BCUT2D eigenvalue weighted by Crippen LogP contribution is 2.39. The van der Waals surface area contributed by atoms with Crippen LogP contribution in [0.1, 0.15) is 5.56 Å². The van der Waals surface area contributed by atoms with Crippen LogP contribution in [-0.2, 0) is 6.61 Å². The fourth-order valence-corrected chi connectivity index (χ4v) is 2.73. The highest BCUT2D eigenvalue weighted by atomic mass is 19.1. The summed E-state index contributed by atoms with van der Waals surface area (Å²) in [6.45, 7) is 1.35. The number of anilines is 3. The molecule has 2 aromatic rings. The zero-order valence-corrected chi connectivity index (χ0v) is 11.4. The molecule has 0 atom stereocenters. The molecule has 3 nitrogen and oxygen atoms in total. The molecular formula is C16H17FN2O. The average Bonchev–Trinajstić information content (AvgIpc) is 2.48. The van der Waals surface area contributed by atoms with Gasteiger partial charge in [-0.25, -0.2) is 4.39 Å². The maximum Gasteiger partial charge on any atom is 0.147 e. The summed E-state index contributed by atoms with van der Waals surface area (Å²) in [6.07, 6.45) is 0. The van der Waals surface area contributed by atoms with Crippen LogP contribution in [0.3, 0.4) is 0 Å². The van der Waals surface area contributed by atoms with Gasteiger partial charge in [0.15, 0.2) is 0 Å². The second-order valence-corrected chi connectivity index (χ2v) is 4.97. The Labute approximate surface area is 117 Å². The third-order valence-corrected chi connectivity index (χ3v) is 3.75. The molecule has 1 N–H and O–H groups in total. The van der Waals surface area contributed by atoms with Crippen LogP contribution in [-0.4, -0.2) is 25.2 Å². The van der Waals surface area contributed by atoms with Gasteiger partial charge >= 0.3 is 0 Å². The van der Waals surface area contributed by atoms with Crippen molar-refractivity contribution in [1.29, 1.82) is 0 Å². The van der Waals surface area contributed by atoms with Crippen LogP contribution >= 0.6 is 0 Å². The van der Waals surface area contributed by atoms with Gasteiger partial charge in [-0.15, -0.1) is 0 Å². The molecule has 0 unspecified atom stereocenters. The third kappa shape index (κ3) is 2.02. The van der Waals surface area contributed by atoms with Crippen LogP contribution in [0.5, 0.6) is 0 Å². The zero-order valence-electron chi connectivity index (χ0n) is 11.4. The second-order valence-electron chi connectivity index (χ2n) is 4.97. The Balaban J connectivity index is 2.15. The van der Waals surface area contributed by atoms with Gasteiger partial charge in [0.25, 0.3) is 0 Å². The number of aliphatic hydroxyl groups excluding tert-OH is 1. The van der Waals surface area contributed by atoms with Crippen molar-refractivity contribution in [3.05, 3.63) is 53.8 Å².